The molecule has 26 heavy (non-hydrogen) atoms. The van der Waals surface area contributed by atoms with Crippen molar-refractivity contribution in [2.75, 3.05) is 33.4 Å². The Hall–Kier alpha value is -0.770. The minimum Gasteiger partial charge on any atom is -0.444 e. The summed E-state index contributed by atoms with van der Waals surface area (Å²) >= 11 is 0. The molecule has 0 radical (unpaired) electrons. The van der Waals surface area contributed by atoms with Crippen molar-refractivity contribution in [3.05, 3.63) is 0 Å². The van der Waals surface area contributed by atoms with E-state index in [0.717, 1.165) is 38.6 Å². The fraction of sp³-hybridized carbons (Fsp3) is 0.889. The average Bonchev–Trinajstić information content (AvgIpc) is 2.50. The fourth-order valence-electron chi connectivity index (χ4n) is 2.56. The number of nitrogens with one attached hydrogen (secondary N) is 3. The Morgan fingerprint density at radius 3 is 2.15 bits per heavy atom. The van der Waals surface area contributed by atoms with Gasteiger partial charge in [-0.25, -0.2) is 4.79 Å². The lowest BCUT2D eigenvalue weighted by atomic mass is 9.89. The maximum atomic E-state index is 12.2. The number of ether oxygens (including phenoxy) is 2. The summed E-state index contributed by atoms with van der Waals surface area (Å²) < 4.78 is 10.7. The molecule has 7 nitrogen and oxygen atoms in total. The van der Waals surface area contributed by atoms with Crippen LogP contribution in [0.3, 0.4) is 0 Å². The molecular weight excluding hydrogens is 447 g/mol. The van der Waals surface area contributed by atoms with Gasteiger partial charge in [0.2, 0.25) is 0 Å². The van der Waals surface area contributed by atoms with Gasteiger partial charge < -0.3 is 25.4 Å². The summed E-state index contributed by atoms with van der Waals surface area (Å²) in [7, 11) is 1.75. The highest BCUT2D eigenvalue weighted by atomic mass is 127. The van der Waals surface area contributed by atoms with E-state index < -0.39 is 5.60 Å². The molecule has 0 bridgehead atoms. The second-order valence-corrected chi connectivity index (χ2v) is 8.20. The van der Waals surface area contributed by atoms with Crippen LogP contribution in [-0.2, 0) is 9.47 Å². The molecule has 1 saturated heterocycles. The van der Waals surface area contributed by atoms with Crippen LogP contribution in [0.4, 0.5) is 4.79 Å². The standard InChI is InChI=1S/C18H36N4O3.HI/c1-8-18(9-2,22-15(23)25-16(3,4)5)11-21-14(19-7)20-10-17(6)12-24-13-17;/h8-13H2,1-7H3,(H,22,23)(H2,19,20,21);1H. The minimum absolute atomic E-state index is 0. The van der Waals surface area contributed by atoms with Crippen LogP contribution in [0.5, 0.6) is 0 Å². The zero-order chi connectivity index (χ0) is 19.1. The number of hydrogen-bond acceptors (Lipinski definition) is 4. The van der Waals surface area contributed by atoms with Crippen LogP contribution in [0.25, 0.3) is 0 Å². The topological polar surface area (TPSA) is 84.0 Å². The van der Waals surface area contributed by atoms with Crippen LogP contribution in [0.1, 0.15) is 54.4 Å². The maximum Gasteiger partial charge on any atom is 0.408 e. The normalized spacial score (nSPS) is 16.8. The Morgan fingerprint density at radius 2 is 1.77 bits per heavy atom. The Balaban J connectivity index is 0.00000625. The lowest BCUT2D eigenvalue weighted by molar-refractivity contribution is -0.0971. The van der Waals surface area contributed by atoms with Crippen molar-refractivity contribution in [3.63, 3.8) is 0 Å². The summed E-state index contributed by atoms with van der Waals surface area (Å²) in [6, 6.07) is 0. The van der Waals surface area contributed by atoms with Crippen molar-refractivity contribution < 1.29 is 14.3 Å². The molecule has 1 fully saturated rings. The van der Waals surface area contributed by atoms with Gasteiger partial charge in [0.15, 0.2) is 5.96 Å². The average molecular weight is 484 g/mol. The molecular formula is C18H37IN4O3. The molecule has 0 atom stereocenters. The largest absolute Gasteiger partial charge is 0.444 e. The van der Waals surface area contributed by atoms with Gasteiger partial charge in [-0.1, -0.05) is 20.8 Å². The van der Waals surface area contributed by atoms with E-state index >= 15 is 0 Å². The second-order valence-electron chi connectivity index (χ2n) is 8.20. The summed E-state index contributed by atoms with van der Waals surface area (Å²) in [5, 5.41) is 9.70. The summed E-state index contributed by atoms with van der Waals surface area (Å²) in [4.78, 5) is 16.5. The number of carbonyl (C=O) groups is 1. The van der Waals surface area contributed by atoms with E-state index in [1.54, 1.807) is 7.05 Å². The van der Waals surface area contributed by atoms with E-state index in [1.165, 1.54) is 0 Å². The first-order chi connectivity index (χ1) is 11.6. The van der Waals surface area contributed by atoms with Crippen molar-refractivity contribution in [1.29, 1.82) is 0 Å². The van der Waals surface area contributed by atoms with Crippen molar-refractivity contribution in [3.8, 4) is 0 Å². The number of nitrogens with zero attached hydrogens (tertiary/aromatic N) is 1. The first-order valence-electron chi connectivity index (χ1n) is 9.10. The van der Waals surface area contributed by atoms with Gasteiger partial charge in [0.25, 0.3) is 0 Å². The van der Waals surface area contributed by atoms with Crippen LogP contribution in [0, 0.1) is 5.41 Å². The number of amides is 1. The molecule has 8 heteroatoms. The summed E-state index contributed by atoms with van der Waals surface area (Å²) in [5.74, 6) is 0.727. The summed E-state index contributed by atoms with van der Waals surface area (Å²) in [5.41, 5.74) is -0.731. The SMILES string of the molecule is CCC(CC)(CNC(=NC)NCC1(C)COC1)NC(=O)OC(C)(C)C.I. The number of guanidine groups is 1. The Kier molecular flexibility index (Phi) is 10.2. The molecule has 0 aliphatic carbocycles. The Morgan fingerprint density at radius 1 is 1.19 bits per heavy atom. The van der Waals surface area contributed by atoms with Crippen LogP contribution in [0.15, 0.2) is 4.99 Å². The molecule has 0 aromatic heterocycles. The number of aliphatic imine (C=N–C) groups is 1. The van der Waals surface area contributed by atoms with Crippen LogP contribution in [-0.4, -0.2) is 56.5 Å². The lowest BCUT2D eigenvalue weighted by Gasteiger charge is -2.39. The van der Waals surface area contributed by atoms with E-state index in [0.29, 0.717) is 6.54 Å². The zero-order valence-corrected chi connectivity index (χ0v) is 19.7. The van der Waals surface area contributed by atoms with Crippen molar-refractivity contribution in [1.82, 2.24) is 16.0 Å². The summed E-state index contributed by atoms with van der Waals surface area (Å²) in [6.45, 7) is 14.8. The van der Waals surface area contributed by atoms with Crippen molar-refractivity contribution in [2.24, 2.45) is 10.4 Å². The lowest BCUT2D eigenvalue weighted by Crippen LogP contribution is -2.58. The quantitative estimate of drug-likeness (QED) is 0.294. The highest BCUT2D eigenvalue weighted by Crippen LogP contribution is 2.25. The molecule has 0 unspecified atom stereocenters. The van der Waals surface area contributed by atoms with Gasteiger partial charge in [0.1, 0.15) is 5.60 Å². The molecule has 0 aromatic carbocycles. The van der Waals surface area contributed by atoms with Gasteiger partial charge in [-0.2, -0.15) is 0 Å². The third-order valence-electron chi connectivity index (χ3n) is 4.52. The predicted molar refractivity (Wildman–Crippen MR) is 116 cm³/mol. The van der Waals surface area contributed by atoms with Crippen molar-refractivity contribution >= 4 is 36.0 Å². The van der Waals surface area contributed by atoms with Crippen LogP contribution >= 0.6 is 24.0 Å². The Bertz CT molecular complexity index is 470. The molecule has 1 aliphatic heterocycles. The molecule has 0 aromatic rings. The Labute approximate surface area is 175 Å². The molecule has 1 amide bonds. The van der Waals surface area contributed by atoms with E-state index in [9.17, 15) is 4.79 Å². The monoisotopic (exact) mass is 484 g/mol. The van der Waals surface area contributed by atoms with E-state index in [2.05, 4.69) is 41.7 Å². The molecule has 1 aliphatic rings. The highest BCUT2D eigenvalue weighted by Gasteiger charge is 2.34. The molecule has 0 saturated carbocycles. The van der Waals surface area contributed by atoms with E-state index in [-0.39, 0.29) is 41.0 Å². The second kappa shape index (κ2) is 10.5. The number of rotatable bonds is 7. The first-order valence-corrected chi connectivity index (χ1v) is 9.10. The predicted octanol–water partition coefficient (Wildman–Crippen LogP) is 2.89. The maximum absolute atomic E-state index is 12.2. The third kappa shape index (κ3) is 8.28. The van der Waals surface area contributed by atoms with Crippen molar-refractivity contribution in [2.45, 2.75) is 65.5 Å². The first kappa shape index (κ1) is 25.2. The van der Waals surface area contributed by atoms with Gasteiger partial charge in [-0.3, -0.25) is 4.99 Å². The van der Waals surface area contributed by atoms with Crippen LogP contribution in [0.2, 0.25) is 0 Å². The highest BCUT2D eigenvalue weighted by molar-refractivity contribution is 14.0. The summed E-state index contributed by atoms with van der Waals surface area (Å²) in [6.07, 6.45) is 1.19. The van der Waals surface area contributed by atoms with Gasteiger partial charge in [0.05, 0.1) is 18.8 Å². The number of carbonyl (C=O) groups excluding carboxylic acids is 1. The van der Waals surface area contributed by atoms with Gasteiger partial charge in [-0.05, 0) is 33.6 Å². The molecule has 1 heterocycles. The zero-order valence-electron chi connectivity index (χ0n) is 17.3. The van der Waals surface area contributed by atoms with Gasteiger partial charge in [-0.15, -0.1) is 24.0 Å². The molecule has 1 rings (SSSR count). The van der Waals surface area contributed by atoms with Gasteiger partial charge in [0, 0.05) is 25.6 Å². The number of halogens is 1. The molecule has 3 N–H and O–H groups in total. The van der Waals surface area contributed by atoms with Crippen LogP contribution < -0.4 is 16.0 Å². The smallest absolute Gasteiger partial charge is 0.408 e. The number of alkyl carbamates (subject to hydrolysis) is 1. The van der Waals surface area contributed by atoms with Gasteiger partial charge >= 0.3 is 6.09 Å². The minimum atomic E-state index is -0.511. The fourth-order valence-corrected chi connectivity index (χ4v) is 2.56. The molecule has 154 valence electrons. The van der Waals surface area contributed by atoms with E-state index in [4.69, 9.17) is 9.47 Å². The molecule has 0 spiro atoms. The third-order valence-corrected chi connectivity index (χ3v) is 4.52. The number of hydrogen-bond donors (Lipinski definition) is 3. The van der Waals surface area contributed by atoms with E-state index in [1.807, 2.05) is 20.8 Å².